The number of ether oxygens (including phenoxy) is 1. The fourth-order valence-corrected chi connectivity index (χ4v) is 1.60. The lowest BCUT2D eigenvalue weighted by Crippen LogP contribution is -2.38. The Morgan fingerprint density at radius 3 is 2.62 bits per heavy atom. The van der Waals surface area contributed by atoms with Crippen LogP contribution in [-0.2, 0) is 6.54 Å². The van der Waals surface area contributed by atoms with E-state index in [9.17, 15) is 4.39 Å². The number of halogens is 1. The summed E-state index contributed by atoms with van der Waals surface area (Å²) in [5.41, 5.74) is 0.958. The van der Waals surface area contributed by atoms with Gasteiger partial charge in [-0.3, -0.25) is 0 Å². The second-order valence-corrected chi connectivity index (χ2v) is 3.46. The second kappa shape index (κ2) is 4.75. The Balaban J connectivity index is 2.30. The summed E-state index contributed by atoms with van der Waals surface area (Å²) in [6.07, 6.45) is 1.71. The fourth-order valence-electron chi connectivity index (χ4n) is 1.60. The average molecular weight is 218 g/mol. The molecule has 2 rings (SSSR count). The molecule has 0 bridgehead atoms. The molecule has 0 unspecified atom stereocenters. The number of benzene rings is 1. The van der Waals surface area contributed by atoms with Crippen LogP contribution in [0.4, 0.5) is 4.39 Å². The number of pyridine rings is 1. The zero-order valence-corrected chi connectivity index (χ0v) is 9.06. The van der Waals surface area contributed by atoms with Crippen LogP contribution in [0.2, 0.25) is 0 Å². The van der Waals surface area contributed by atoms with Gasteiger partial charge in [-0.25, -0.2) is 0 Å². The van der Waals surface area contributed by atoms with E-state index in [4.69, 9.17) is 4.74 Å². The minimum absolute atomic E-state index is 0.256. The molecule has 0 saturated carbocycles. The molecular formula is C13H13FNO+. The molecule has 0 saturated heterocycles. The fraction of sp³-hybridized carbons (Fsp3) is 0.154. The molecule has 16 heavy (non-hydrogen) atoms. The van der Waals surface area contributed by atoms with Crippen LogP contribution < -0.4 is 9.30 Å². The van der Waals surface area contributed by atoms with Gasteiger partial charge in [-0.15, -0.1) is 4.39 Å². The molecular weight excluding hydrogens is 205 g/mol. The first-order chi connectivity index (χ1) is 7.81. The largest absolute Gasteiger partial charge is 0.496 e. The van der Waals surface area contributed by atoms with Crippen LogP contribution in [0.3, 0.4) is 0 Å². The smallest absolute Gasteiger partial charge is 0.359 e. The van der Waals surface area contributed by atoms with Crippen LogP contribution in [0.5, 0.6) is 5.75 Å². The number of methoxy groups -OCH3 is 1. The highest BCUT2D eigenvalue weighted by Crippen LogP contribution is 2.16. The highest BCUT2D eigenvalue weighted by atomic mass is 19.1. The van der Waals surface area contributed by atoms with E-state index in [0.717, 1.165) is 11.3 Å². The van der Waals surface area contributed by atoms with Crippen molar-refractivity contribution in [3.8, 4) is 5.75 Å². The standard InChI is InChI=1S/C13H13FNO/c1-16-12-7-3-2-6-11(12)10-15-9-5-4-8-13(15)14/h2-9H,10H2,1H3/q+1. The molecule has 1 heterocycles. The zero-order valence-electron chi connectivity index (χ0n) is 9.06. The molecule has 1 aromatic heterocycles. The molecule has 2 aromatic rings. The number of hydrogen-bond donors (Lipinski definition) is 0. The van der Waals surface area contributed by atoms with Gasteiger partial charge in [-0.2, -0.15) is 4.57 Å². The molecule has 0 aliphatic rings. The number of nitrogens with zero attached hydrogens (tertiary/aromatic N) is 1. The van der Waals surface area contributed by atoms with Crippen LogP contribution in [0.1, 0.15) is 5.56 Å². The van der Waals surface area contributed by atoms with Gasteiger partial charge < -0.3 is 4.74 Å². The van der Waals surface area contributed by atoms with Crippen molar-refractivity contribution in [3.05, 3.63) is 60.2 Å². The third-order valence-corrected chi connectivity index (χ3v) is 2.42. The van der Waals surface area contributed by atoms with Gasteiger partial charge in [0.05, 0.1) is 12.7 Å². The highest BCUT2D eigenvalue weighted by molar-refractivity contribution is 5.32. The van der Waals surface area contributed by atoms with Gasteiger partial charge >= 0.3 is 5.95 Å². The maximum absolute atomic E-state index is 13.4. The Labute approximate surface area is 93.9 Å². The van der Waals surface area contributed by atoms with Crippen molar-refractivity contribution in [1.29, 1.82) is 0 Å². The summed E-state index contributed by atoms with van der Waals surface area (Å²) in [6.45, 7) is 0.469. The molecule has 3 heteroatoms. The minimum Gasteiger partial charge on any atom is -0.496 e. The van der Waals surface area contributed by atoms with Gasteiger partial charge in [-0.05, 0) is 18.2 Å². The molecule has 82 valence electrons. The monoisotopic (exact) mass is 218 g/mol. The molecule has 0 fully saturated rings. The number of hydrogen-bond acceptors (Lipinski definition) is 1. The molecule has 2 nitrogen and oxygen atoms in total. The lowest BCUT2D eigenvalue weighted by atomic mass is 10.2. The minimum atomic E-state index is -0.256. The van der Waals surface area contributed by atoms with Crippen molar-refractivity contribution in [1.82, 2.24) is 0 Å². The van der Waals surface area contributed by atoms with Crippen molar-refractivity contribution < 1.29 is 13.7 Å². The van der Waals surface area contributed by atoms with E-state index >= 15 is 0 Å². The predicted octanol–water partition coefficient (Wildman–Crippen LogP) is 2.17. The summed E-state index contributed by atoms with van der Waals surface area (Å²) in [7, 11) is 1.62. The predicted molar refractivity (Wildman–Crippen MR) is 58.7 cm³/mol. The number of rotatable bonds is 3. The van der Waals surface area contributed by atoms with Gasteiger partial charge in [0.1, 0.15) is 5.75 Å². The van der Waals surface area contributed by atoms with Gasteiger partial charge in [0.25, 0.3) is 0 Å². The Morgan fingerprint density at radius 1 is 1.12 bits per heavy atom. The van der Waals surface area contributed by atoms with Crippen LogP contribution in [0.25, 0.3) is 0 Å². The van der Waals surface area contributed by atoms with E-state index in [1.54, 1.807) is 25.4 Å². The Morgan fingerprint density at radius 2 is 1.88 bits per heavy atom. The van der Waals surface area contributed by atoms with E-state index in [0.29, 0.717) is 6.54 Å². The molecule has 0 radical (unpaired) electrons. The van der Waals surface area contributed by atoms with E-state index in [2.05, 4.69) is 0 Å². The van der Waals surface area contributed by atoms with Crippen LogP contribution >= 0.6 is 0 Å². The summed E-state index contributed by atoms with van der Waals surface area (Å²) in [5, 5.41) is 0. The number of para-hydroxylation sites is 1. The lowest BCUT2D eigenvalue weighted by molar-refractivity contribution is -0.716. The average Bonchev–Trinajstić information content (AvgIpc) is 2.33. The topological polar surface area (TPSA) is 13.1 Å². The van der Waals surface area contributed by atoms with Crippen molar-refractivity contribution in [2.45, 2.75) is 6.54 Å². The normalized spacial score (nSPS) is 10.1. The lowest BCUT2D eigenvalue weighted by Gasteiger charge is -2.05. The molecule has 1 aromatic carbocycles. The third-order valence-electron chi connectivity index (χ3n) is 2.42. The summed E-state index contributed by atoms with van der Waals surface area (Å²) in [6, 6.07) is 12.5. The van der Waals surface area contributed by atoms with Crippen molar-refractivity contribution in [3.63, 3.8) is 0 Å². The summed E-state index contributed by atoms with van der Waals surface area (Å²) in [5.74, 6) is 0.520. The van der Waals surface area contributed by atoms with Gasteiger partial charge in [0, 0.05) is 12.1 Å². The molecule has 0 spiro atoms. The molecule has 0 amide bonds. The summed E-state index contributed by atoms with van der Waals surface area (Å²) < 4.78 is 20.2. The molecule has 0 aliphatic heterocycles. The van der Waals surface area contributed by atoms with Gasteiger partial charge in [0.15, 0.2) is 12.7 Å². The summed E-state index contributed by atoms with van der Waals surface area (Å²) in [4.78, 5) is 0. The van der Waals surface area contributed by atoms with Crippen LogP contribution in [-0.4, -0.2) is 7.11 Å². The van der Waals surface area contributed by atoms with Crippen LogP contribution in [0, 0.1) is 5.95 Å². The Bertz CT molecular complexity index is 485. The van der Waals surface area contributed by atoms with E-state index < -0.39 is 0 Å². The maximum atomic E-state index is 13.4. The molecule has 0 aliphatic carbocycles. The first-order valence-corrected chi connectivity index (χ1v) is 5.07. The zero-order chi connectivity index (χ0) is 11.4. The van der Waals surface area contributed by atoms with Crippen molar-refractivity contribution >= 4 is 0 Å². The van der Waals surface area contributed by atoms with Gasteiger partial charge in [-0.1, -0.05) is 12.1 Å². The first kappa shape index (κ1) is 10.6. The number of aromatic nitrogens is 1. The van der Waals surface area contributed by atoms with E-state index in [1.807, 2.05) is 24.3 Å². The Hall–Kier alpha value is -1.90. The molecule has 0 atom stereocenters. The third kappa shape index (κ3) is 2.19. The SMILES string of the molecule is COc1ccccc1C[n+]1ccccc1F. The summed E-state index contributed by atoms with van der Waals surface area (Å²) >= 11 is 0. The van der Waals surface area contributed by atoms with Crippen molar-refractivity contribution in [2.75, 3.05) is 7.11 Å². The van der Waals surface area contributed by atoms with E-state index in [1.165, 1.54) is 10.6 Å². The van der Waals surface area contributed by atoms with Crippen LogP contribution in [0.15, 0.2) is 48.7 Å². The highest BCUT2D eigenvalue weighted by Gasteiger charge is 2.11. The second-order valence-electron chi connectivity index (χ2n) is 3.46. The first-order valence-electron chi connectivity index (χ1n) is 5.07. The molecule has 0 N–H and O–H groups in total. The quantitative estimate of drug-likeness (QED) is 0.568. The van der Waals surface area contributed by atoms with E-state index in [-0.39, 0.29) is 5.95 Å². The maximum Gasteiger partial charge on any atom is 0.359 e. The Kier molecular flexibility index (Phi) is 3.15. The van der Waals surface area contributed by atoms with Crippen molar-refractivity contribution in [2.24, 2.45) is 0 Å². The van der Waals surface area contributed by atoms with Gasteiger partial charge in [0.2, 0.25) is 0 Å².